The summed E-state index contributed by atoms with van der Waals surface area (Å²) in [5.74, 6) is -2.14. The van der Waals surface area contributed by atoms with E-state index in [2.05, 4.69) is 5.32 Å². The quantitative estimate of drug-likeness (QED) is 0.510. The Hall–Kier alpha value is -1.83. The van der Waals surface area contributed by atoms with Crippen LogP contribution in [0.5, 0.6) is 0 Å². The van der Waals surface area contributed by atoms with Gasteiger partial charge in [0.25, 0.3) is 0 Å². The molecule has 1 saturated carbocycles. The van der Waals surface area contributed by atoms with Crippen molar-refractivity contribution in [2.75, 3.05) is 13.6 Å². The first-order valence-electron chi connectivity index (χ1n) is 6.44. The minimum atomic E-state index is -1.26. The molecule has 0 aliphatic heterocycles. The van der Waals surface area contributed by atoms with Gasteiger partial charge in [0.05, 0.1) is 6.10 Å². The third-order valence-corrected chi connectivity index (χ3v) is 3.33. The van der Waals surface area contributed by atoms with Crippen LogP contribution in [0, 0.1) is 5.92 Å². The maximum atomic E-state index is 11.8. The molecule has 0 aromatic carbocycles. The Morgan fingerprint density at radius 1 is 1.30 bits per heavy atom. The molecule has 0 spiro atoms. The Kier molecular flexibility index (Phi) is 5.75. The van der Waals surface area contributed by atoms with E-state index in [-0.39, 0.29) is 24.9 Å². The second-order valence-electron chi connectivity index (χ2n) is 5.14. The van der Waals surface area contributed by atoms with Crippen molar-refractivity contribution in [1.29, 1.82) is 0 Å². The lowest BCUT2D eigenvalue weighted by Gasteiger charge is -2.34. The zero-order valence-electron chi connectivity index (χ0n) is 11.3. The molecule has 0 heterocycles. The summed E-state index contributed by atoms with van der Waals surface area (Å²) >= 11 is 0. The van der Waals surface area contributed by atoms with Gasteiger partial charge in [-0.2, -0.15) is 0 Å². The van der Waals surface area contributed by atoms with Gasteiger partial charge in [-0.3, -0.25) is 4.79 Å². The van der Waals surface area contributed by atoms with Crippen molar-refractivity contribution in [3.8, 4) is 0 Å². The SMILES string of the molecule is CN(CC1CC(O)C1)C(=O)N[C@@H](CCC(=O)O)C(=O)O. The molecule has 1 fully saturated rings. The molecule has 8 heteroatoms. The van der Waals surface area contributed by atoms with Crippen LogP contribution >= 0.6 is 0 Å². The molecule has 114 valence electrons. The van der Waals surface area contributed by atoms with Crippen molar-refractivity contribution < 1.29 is 29.7 Å². The smallest absolute Gasteiger partial charge is 0.326 e. The molecular weight excluding hydrogens is 268 g/mol. The zero-order chi connectivity index (χ0) is 15.3. The summed E-state index contributed by atoms with van der Waals surface area (Å²) in [6.07, 6.45) is 0.485. The van der Waals surface area contributed by atoms with E-state index in [0.29, 0.717) is 19.4 Å². The fourth-order valence-electron chi connectivity index (χ4n) is 2.10. The molecular formula is C12H20N2O6. The van der Waals surface area contributed by atoms with Crippen molar-refractivity contribution in [1.82, 2.24) is 10.2 Å². The number of carbonyl (C=O) groups is 3. The van der Waals surface area contributed by atoms with Gasteiger partial charge in [-0.1, -0.05) is 0 Å². The van der Waals surface area contributed by atoms with Crippen LogP contribution in [0.25, 0.3) is 0 Å². The number of carbonyl (C=O) groups excluding carboxylic acids is 1. The number of hydrogen-bond acceptors (Lipinski definition) is 4. The lowest BCUT2D eigenvalue weighted by molar-refractivity contribution is -0.140. The van der Waals surface area contributed by atoms with Gasteiger partial charge in [0, 0.05) is 20.0 Å². The van der Waals surface area contributed by atoms with Gasteiger partial charge in [-0.25, -0.2) is 9.59 Å². The normalized spacial score (nSPS) is 22.5. The first-order chi connectivity index (χ1) is 9.29. The maximum Gasteiger partial charge on any atom is 0.326 e. The number of carboxylic acid groups (broad SMARTS) is 2. The van der Waals surface area contributed by atoms with Gasteiger partial charge in [0.15, 0.2) is 0 Å². The Morgan fingerprint density at radius 3 is 2.35 bits per heavy atom. The summed E-state index contributed by atoms with van der Waals surface area (Å²) in [5, 5.41) is 28.9. The fraction of sp³-hybridized carbons (Fsp3) is 0.750. The third kappa shape index (κ3) is 5.04. The Labute approximate surface area is 116 Å². The summed E-state index contributed by atoms with van der Waals surface area (Å²) in [6, 6.07) is -1.77. The van der Waals surface area contributed by atoms with Crippen molar-refractivity contribution in [2.45, 2.75) is 37.8 Å². The van der Waals surface area contributed by atoms with Crippen LogP contribution in [-0.4, -0.2) is 63.9 Å². The molecule has 8 nitrogen and oxygen atoms in total. The number of aliphatic carboxylic acids is 2. The standard InChI is InChI=1S/C12H20N2O6/c1-14(6-7-4-8(15)5-7)12(20)13-9(11(18)19)2-3-10(16)17/h7-9,15H,2-6H2,1H3,(H,13,20)(H,16,17)(H,18,19)/t7?,8?,9-/m0/s1. The lowest BCUT2D eigenvalue weighted by atomic mass is 9.82. The minimum absolute atomic E-state index is 0.160. The molecule has 0 unspecified atom stereocenters. The van der Waals surface area contributed by atoms with Crippen LogP contribution in [-0.2, 0) is 9.59 Å². The Balaban J connectivity index is 2.39. The summed E-state index contributed by atoms with van der Waals surface area (Å²) in [4.78, 5) is 34.5. The van der Waals surface area contributed by atoms with Crippen molar-refractivity contribution in [3.63, 3.8) is 0 Å². The molecule has 4 N–H and O–H groups in total. The number of rotatable bonds is 7. The van der Waals surface area contributed by atoms with E-state index >= 15 is 0 Å². The summed E-state index contributed by atoms with van der Waals surface area (Å²) < 4.78 is 0. The van der Waals surface area contributed by atoms with Crippen molar-refractivity contribution in [2.24, 2.45) is 5.92 Å². The highest BCUT2D eigenvalue weighted by Crippen LogP contribution is 2.27. The molecule has 0 radical (unpaired) electrons. The molecule has 1 atom stereocenters. The van der Waals surface area contributed by atoms with Gasteiger partial charge in [0.2, 0.25) is 0 Å². The molecule has 2 amide bonds. The largest absolute Gasteiger partial charge is 0.481 e. The number of hydrogen-bond donors (Lipinski definition) is 4. The second-order valence-corrected chi connectivity index (χ2v) is 5.14. The van der Waals surface area contributed by atoms with Crippen LogP contribution in [0.1, 0.15) is 25.7 Å². The van der Waals surface area contributed by atoms with E-state index in [1.54, 1.807) is 0 Å². The molecule has 1 aliphatic rings. The summed E-state index contributed by atoms with van der Waals surface area (Å²) in [5.41, 5.74) is 0. The number of aliphatic hydroxyl groups excluding tert-OH is 1. The van der Waals surface area contributed by atoms with E-state index in [9.17, 15) is 14.4 Å². The molecule has 1 aliphatic carbocycles. The number of aliphatic hydroxyl groups is 1. The van der Waals surface area contributed by atoms with Crippen LogP contribution in [0.15, 0.2) is 0 Å². The van der Waals surface area contributed by atoms with Crippen LogP contribution in [0.3, 0.4) is 0 Å². The van der Waals surface area contributed by atoms with E-state index in [0.717, 1.165) is 0 Å². The fourth-order valence-corrected chi connectivity index (χ4v) is 2.10. The van der Waals surface area contributed by atoms with E-state index < -0.39 is 24.0 Å². The van der Waals surface area contributed by atoms with Crippen molar-refractivity contribution in [3.05, 3.63) is 0 Å². The van der Waals surface area contributed by atoms with Crippen LogP contribution in [0.2, 0.25) is 0 Å². The van der Waals surface area contributed by atoms with Gasteiger partial charge < -0.3 is 25.5 Å². The van der Waals surface area contributed by atoms with E-state index in [1.165, 1.54) is 11.9 Å². The third-order valence-electron chi connectivity index (χ3n) is 3.33. The van der Waals surface area contributed by atoms with Crippen LogP contribution < -0.4 is 5.32 Å². The van der Waals surface area contributed by atoms with Gasteiger partial charge in [0.1, 0.15) is 6.04 Å². The maximum absolute atomic E-state index is 11.8. The number of urea groups is 1. The monoisotopic (exact) mass is 288 g/mol. The average Bonchev–Trinajstić information content (AvgIpc) is 2.31. The summed E-state index contributed by atoms with van der Waals surface area (Å²) in [7, 11) is 1.54. The van der Waals surface area contributed by atoms with E-state index in [1.807, 2.05) is 0 Å². The molecule has 0 aromatic heterocycles. The van der Waals surface area contributed by atoms with Gasteiger partial charge >= 0.3 is 18.0 Å². The lowest BCUT2D eigenvalue weighted by Crippen LogP contribution is -2.49. The number of nitrogens with one attached hydrogen (secondary N) is 1. The molecule has 0 bridgehead atoms. The predicted octanol–water partition coefficient (Wildman–Crippen LogP) is -0.283. The van der Waals surface area contributed by atoms with Crippen LogP contribution in [0.4, 0.5) is 4.79 Å². The molecule has 0 aromatic rings. The number of nitrogens with zero attached hydrogens (tertiary/aromatic N) is 1. The highest BCUT2D eigenvalue weighted by Gasteiger charge is 2.30. The summed E-state index contributed by atoms with van der Waals surface area (Å²) in [6.45, 7) is 0.439. The van der Waals surface area contributed by atoms with Crippen molar-refractivity contribution >= 4 is 18.0 Å². The highest BCUT2D eigenvalue weighted by molar-refractivity contribution is 5.82. The first-order valence-corrected chi connectivity index (χ1v) is 6.44. The highest BCUT2D eigenvalue weighted by atomic mass is 16.4. The Morgan fingerprint density at radius 2 is 1.90 bits per heavy atom. The number of amides is 2. The molecule has 20 heavy (non-hydrogen) atoms. The molecule has 0 saturated heterocycles. The topological polar surface area (TPSA) is 127 Å². The van der Waals surface area contributed by atoms with E-state index in [4.69, 9.17) is 15.3 Å². The molecule has 1 rings (SSSR count). The number of carboxylic acids is 2. The zero-order valence-corrected chi connectivity index (χ0v) is 11.3. The second kappa shape index (κ2) is 7.09. The van der Waals surface area contributed by atoms with Gasteiger partial charge in [-0.05, 0) is 25.2 Å². The minimum Gasteiger partial charge on any atom is -0.481 e. The Bertz CT molecular complexity index is 380. The first kappa shape index (κ1) is 16.2. The van der Waals surface area contributed by atoms with Gasteiger partial charge in [-0.15, -0.1) is 0 Å². The predicted molar refractivity (Wildman–Crippen MR) is 68.2 cm³/mol. The average molecular weight is 288 g/mol.